The summed E-state index contributed by atoms with van der Waals surface area (Å²) in [6.45, 7) is 2.90. The predicted octanol–water partition coefficient (Wildman–Crippen LogP) is 1.63. The maximum atomic E-state index is 5.66. The number of imidazole rings is 1. The molecule has 3 nitrogen and oxygen atoms in total. The van der Waals surface area contributed by atoms with Gasteiger partial charge in [0.25, 0.3) is 0 Å². The maximum Gasteiger partial charge on any atom is 0.0953 e. The van der Waals surface area contributed by atoms with Gasteiger partial charge < -0.3 is 10.3 Å². The fourth-order valence-electron chi connectivity index (χ4n) is 2.34. The van der Waals surface area contributed by atoms with Crippen LogP contribution < -0.4 is 5.73 Å². The summed E-state index contributed by atoms with van der Waals surface area (Å²) in [6, 6.07) is 0. The van der Waals surface area contributed by atoms with Crippen LogP contribution in [0.4, 0.5) is 0 Å². The van der Waals surface area contributed by atoms with Crippen molar-refractivity contribution in [3.05, 3.63) is 18.2 Å². The highest BCUT2D eigenvalue weighted by atomic mass is 15.1. The van der Waals surface area contributed by atoms with E-state index < -0.39 is 0 Å². The van der Waals surface area contributed by atoms with Gasteiger partial charge in [-0.1, -0.05) is 12.8 Å². The van der Waals surface area contributed by atoms with Gasteiger partial charge >= 0.3 is 0 Å². The van der Waals surface area contributed by atoms with Crippen molar-refractivity contribution in [1.29, 1.82) is 0 Å². The van der Waals surface area contributed by atoms with Crippen molar-refractivity contribution >= 4 is 0 Å². The van der Waals surface area contributed by atoms with Crippen LogP contribution in [0.2, 0.25) is 0 Å². The summed E-state index contributed by atoms with van der Waals surface area (Å²) in [5.74, 6) is 0. The Labute approximate surface area is 79.0 Å². The van der Waals surface area contributed by atoms with Crippen molar-refractivity contribution in [3.63, 3.8) is 0 Å². The summed E-state index contributed by atoms with van der Waals surface area (Å²) in [4.78, 5) is 4.17. The summed E-state index contributed by atoms with van der Waals surface area (Å²) < 4.78 is 2.26. The minimum Gasteiger partial charge on any atom is -0.328 e. The zero-order valence-corrected chi connectivity index (χ0v) is 8.16. The normalized spacial score (nSPS) is 20.8. The van der Waals surface area contributed by atoms with Gasteiger partial charge in [-0.15, -0.1) is 0 Å². The van der Waals surface area contributed by atoms with Gasteiger partial charge in [0.15, 0.2) is 0 Å². The summed E-state index contributed by atoms with van der Waals surface area (Å²) in [7, 11) is 0. The molecule has 0 unspecified atom stereocenters. The van der Waals surface area contributed by atoms with E-state index in [4.69, 9.17) is 5.73 Å². The van der Waals surface area contributed by atoms with Crippen molar-refractivity contribution in [2.45, 2.75) is 44.7 Å². The molecule has 0 amide bonds. The van der Waals surface area contributed by atoms with Crippen molar-refractivity contribution < 1.29 is 0 Å². The molecule has 2 N–H and O–H groups in total. The largest absolute Gasteiger partial charge is 0.328 e. The average molecular weight is 179 g/mol. The molecule has 0 saturated heterocycles. The Morgan fingerprint density at radius 2 is 2.23 bits per heavy atom. The highest BCUT2D eigenvalue weighted by Gasteiger charge is 2.31. The Bertz CT molecular complexity index is 284. The van der Waals surface area contributed by atoms with Crippen LogP contribution in [-0.4, -0.2) is 9.55 Å². The molecular weight excluding hydrogens is 162 g/mol. The first-order chi connectivity index (χ1) is 6.26. The standard InChI is InChI=1S/C10H17N3/c1-10(4-2-3-5-10)13-8-12-7-9(13)6-11/h7-8H,2-6,11H2,1H3. The van der Waals surface area contributed by atoms with Crippen molar-refractivity contribution in [2.75, 3.05) is 0 Å². The molecule has 1 saturated carbocycles. The van der Waals surface area contributed by atoms with E-state index in [2.05, 4.69) is 16.5 Å². The predicted molar refractivity (Wildman–Crippen MR) is 52.2 cm³/mol. The zero-order valence-electron chi connectivity index (χ0n) is 8.16. The van der Waals surface area contributed by atoms with E-state index in [1.165, 1.54) is 25.7 Å². The topological polar surface area (TPSA) is 43.8 Å². The maximum absolute atomic E-state index is 5.66. The molecule has 1 aromatic rings. The number of rotatable bonds is 2. The SMILES string of the molecule is CC1(n2cncc2CN)CCCC1. The van der Waals surface area contributed by atoms with Gasteiger partial charge in [-0.25, -0.2) is 4.98 Å². The van der Waals surface area contributed by atoms with Crippen LogP contribution in [0, 0.1) is 0 Å². The molecule has 1 fully saturated rings. The van der Waals surface area contributed by atoms with Crippen LogP contribution >= 0.6 is 0 Å². The number of nitrogens with zero attached hydrogens (tertiary/aromatic N) is 2. The molecule has 0 bridgehead atoms. The lowest BCUT2D eigenvalue weighted by atomic mass is 10.00. The Morgan fingerprint density at radius 1 is 1.54 bits per heavy atom. The Morgan fingerprint density at radius 3 is 2.85 bits per heavy atom. The molecule has 1 aliphatic rings. The van der Waals surface area contributed by atoms with E-state index in [1.807, 2.05) is 12.5 Å². The summed E-state index contributed by atoms with van der Waals surface area (Å²) in [5.41, 5.74) is 7.10. The zero-order chi connectivity index (χ0) is 9.31. The van der Waals surface area contributed by atoms with Crippen LogP contribution in [0.1, 0.15) is 38.3 Å². The van der Waals surface area contributed by atoms with Crippen molar-refractivity contribution in [2.24, 2.45) is 5.73 Å². The quantitative estimate of drug-likeness (QED) is 0.750. The number of nitrogens with two attached hydrogens (primary N) is 1. The Hall–Kier alpha value is -0.830. The van der Waals surface area contributed by atoms with Crippen LogP contribution in [0.25, 0.3) is 0 Å². The van der Waals surface area contributed by atoms with Gasteiger partial charge in [-0.05, 0) is 19.8 Å². The highest BCUT2D eigenvalue weighted by molar-refractivity contribution is 5.04. The molecule has 1 aromatic heterocycles. The molecule has 0 radical (unpaired) electrons. The molecule has 0 spiro atoms. The first kappa shape index (κ1) is 8.75. The highest BCUT2D eigenvalue weighted by Crippen LogP contribution is 2.36. The molecule has 0 aromatic carbocycles. The molecule has 3 heteroatoms. The minimum absolute atomic E-state index is 0.283. The molecule has 72 valence electrons. The summed E-state index contributed by atoms with van der Waals surface area (Å²) in [6.07, 6.45) is 8.99. The van der Waals surface area contributed by atoms with Crippen molar-refractivity contribution in [1.82, 2.24) is 9.55 Å². The summed E-state index contributed by atoms with van der Waals surface area (Å²) in [5, 5.41) is 0. The molecule has 1 aliphatic carbocycles. The second-order valence-corrected chi connectivity index (χ2v) is 4.16. The van der Waals surface area contributed by atoms with E-state index in [1.54, 1.807) is 0 Å². The fourth-order valence-corrected chi connectivity index (χ4v) is 2.34. The monoisotopic (exact) mass is 179 g/mol. The number of aromatic nitrogens is 2. The van der Waals surface area contributed by atoms with Gasteiger partial charge in [0, 0.05) is 18.3 Å². The number of hydrogen-bond donors (Lipinski definition) is 1. The Kier molecular flexibility index (Phi) is 2.12. The molecule has 13 heavy (non-hydrogen) atoms. The third-order valence-corrected chi connectivity index (χ3v) is 3.19. The van der Waals surface area contributed by atoms with E-state index >= 15 is 0 Å². The lowest BCUT2D eigenvalue weighted by molar-refractivity contribution is 0.320. The van der Waals surface area contributed by atoms with Gasteiger partial charge in [0.2, 0.25) is 0 Å². The van der Waals surface area contributed by atoms with Gasteiger partial charge in [-0.3, -0.25) is 0 Å². The van der Waals surface area contributed by atoms with E-state index in [9.17, 15) is 0 Å². The molecule has 2 rings (SSSR count). The first-order valence-corrected chi connectivity index (χ1v) is 4.98. The molecular formula is C10H17N3. The van der Waals surface area contributed by atoms with Gasteiger partial charge in [-0.2, -0.15) is 0 Å². The Balaban J connectivity index is 2.32. The van der Waals surface area contributed by atoms with Gasteiger partial charge in [0.1, 0.15) is 0 Å². The molecule has 0 aliphatic heterocycles. The minimum atomic E-state index is 0.283. The second-order valence-electron chi connectivity index (χ2n) is 4.16. The average Bonchev–Trinajstić information content (AvgIpc) is 2.72. The van der Waals surface area contributed by atoms with Crippen molar-refractivity contribution in [3.8, 4) is 0 Å². The van der Waals surface area contributed by atoms with E-state index in [0.29, 0.717) is 6.54 Å². The second kappa shape index (κ2) is 3.14. The lowest BCUT2D eigenvalue weighted by Gasteiger charge is -2.27. The molecule has 1 heterocycles. The third-order valence-electron chi connectivity index (χ3n) is 3.19. The smallest absolute Gasteiger partial charge is 0.0953 e. The van der Waals surface area contributed by atoms with Crippen LogP contribution in [0.5, 0.6) is 0 Å². The number of hydrogen-bond acceptors (Lipinski definition) is 2. The molecule has 0 atom stereocenters. The lowest BCUT2D eigenvalue weighted by Crippen LogP contribution is -2.28. The fraction of sp³-hybridized carbons (Fsp3) is 0.700. The van der Waals surface area contributed by atoms with Crippen LogP contribution in [0.3, 0.4) is 0 Å². The van der Waals surface area contributed by atoms with E-state index in [0.717, 1.165) is 5.69 Å². The third kappa shape index (κ3) is 1.37. The first-order valence-electron chi connectivity index (χ1n) is 4.98. The van der Waals surface area contributed by atoms with Crippen LogP contribution in [0.15, 0.2) is 12.5 Å². The summed E-state index contributed by atoms with van der Waals surface area (Å²) >= 11 is 0. The van der Waals surface area contributed by atoms with Crippen LogP contribution in [-0.2, 0) is 12.1 Å². The van der Waals surface area contributed by atoms with E-state index in [-0.39, 0.29) is 5.54 Å². The van der Waals surface area contributed by atoms with Gasteiger partial charge in [0.05, 0.1) is 12.0 Å².